The lowest BCUT2D eigenvalue weighted by Crippen LogP contribution is -2.33. The van der Waals surface area contributed by atoms with E-state index in [9.17, 15) is 9.59 Å². The van der Waals surface area contributed by atoms with Gasteiger partial charge in [0.15, 0.2) is 6.61 Å². The molecule has 1 aromatic rings. The quantitative estimate of drug-likeness (QED) is 0.699. The topological polar surface area (TPSA) is 76.7 Å². The lowest BCUT2D eigenvalue weighted by molar-refractivity contribution is -0.142. The largest absolute Gasteiger partial charge is 0.482 e. The van der Waals surface area contributed by atoms with Crippen LogP contribution in [0, 0.1) is 5.92 Å². The van der Waals surface area contributed by atoms with E-state index in [0.717, 1.165) is 5.56 Å². The molecular formula is C15H23ClN2O4. The zero-order chi connectivity index (χ0) is 15.7. The summed E-state index contributed by atoms with van der Waals surface area (Å²) in [4.78, 5) is 22.8. The van der Waals surface area contributed by atoms with Crippen molar-refractivity contribution < 1.29 is 19.1 Å². The Balaban J connectivity index is 0.00000441. The van der Waals surface area contributed by atoms with Crippen LogP contribution in [-0.2, 0) is 20.9 Å². The monoisotopic (exact) mass is 330 g/mol. The highest BCUT2D eigenvalue weighted by Gasteiger charge is 2.11. The summed E-state index contributed by atoms with van der Waals surface area (Å²) >= 11 is 0. The molecule has 0 aliphatic rings. The summed E-state index contributed by atoms with van der Waals surface area (Å²) in [6.45, 7) is 2.78. The molecule has 0 bridgehead atoms. The second kappa shape index (κ2) is 10.9. The molecule has 1 aromatic carbocycles. The van der Waals surface area contributed by atoms with Crippen molar-refractivity contribution in [1.29, 1.82) is 0 Å². The number of benzene rings is 1. The maximum Gasteiger partial charge on any atom is 0.343 e. The SMILES string of the molecule is CNCC(C)C(=O)NCc1cccc(OCC(=O)OC)c1.Cl. The number of carbonyl (C=O) groups excluding carboxylic acids is 2. The Kier molecular flexibility index (Phi) is 9.98. The molecule has 0 saturated carbocycles. The van der Waals surface area contributed by atoms with Gasteiger partial charge in [0.1, 0.15) is 5.75 Å². The van der Waals surface area contributed by atoms with Gasteiger partial charge in [-0.2, -0.15) is 0 Å². The molecule has 2 N–H and O–H groups in total. The second-order valence-electron chi connectivity index (χ2n) is 4.69. The number of carbonyl (C=O) groups is 2. The van der Waals surface area contributed by atoms with Gasteiger partial charge in [-0.15, -0.1) is 12.4 Å². The van der Waals surface area contributed by atoms with Crippen molar-refractivity contribution in [2.45, 2.75) is 13.5 Å². The number of esters is 1. The smallest absolute Gasteiger partial charge is 0.343 e. The van der Waals surface area contributed by atoms with E-state index in [2.05, 4.69) is 15.4 Å². The van der Waals surface area contributed by atoms with E-state index in [0.29, 0.717) is 18.8 Å². The van der Waals surface area contributed by atoms with Gasteiger partial charge in [-0.1, -0.05) is 19.1 Å². The maximum atomic E-state index is 11.8. The van der Waals surface area contributed by atoms with Crippen molar-refractivity contribution in [3.63, 3.8) is 0 Å². The number of halogens is 1. The van der Waals surface area contributed by atoms with E-state index < -0.39 is 5.97 Å². The molecule has 0 aromatic heterocycles. The molecule has 0 aliphatic heterocycles. The average molecular weight is 331 g/mol. The first kappa shape index (κ1) is 20.2. The van der Waals surface area contributed by atoms with Crippen LogP contribution >= 0.6 is 12.4 Å². The molecule has 0 saturated heterocycles. The van der Waals surface area contributed by atoms with Gasteiger partial charge >= 0.3 is 5.97 Å². The summed E-state index contributed by atoms with van der Waals surface area (Å²) in [5.74, 6) is 0.0315. The van der Waals surface area contributed by atoms with E-state index >= 15 is 0 Å². The Bertz CT molecular complexity index is 482. The van der Waals surface area contributed by atoms with Crippen molar-refractivity contribution in [3.05, 3.63) is 29.8 Å². The minimum Gasteiger partial charge on any atom is -0.482 e. The van der Waals surface area contributed by atoms with Crippen molar-refractivity contribution in [2.75, 3.05) is 27.3 Å². The van der Waals surface area contributed by atoms with E-state index in [1.165, 1.54) is 7.11 Å². The zero-order valence-corrected chi connectivity index (χ0v) is 13.9. The summed E-state index contributed by atoms with van der Waals surface area (Å²) in [5.41, 5.74) is 0.905. The van der Waals surface area contributed by atoms with Gasteiger partial charge < -0.3 is 20.1 Å². The first-order valence-corrected chi connectivity index (χ1v) is 6.77. The van der Waals surface area contributed by atoms with Gasteiger partial charge in [-0.25, -0.2) is 4.79 Å². The van der Waals surface area contributed by atoms with Crippen LogP contribution in [0.15, 0.2) is 24.3 Å². The van der Waals surface area contributed by atoms with E-state index in [1.54, 1.807) is 12.1 Å². The van der Waals surface area contributed by atoms with Crippen molar-refractivity contribution in [2.24, 2.45) is 5.92 Å². The molecule has 6 nitrogen and oxygen atoms in total. The number of nitrogens with one attached hydrogen (secondary N) is 2. The Labute approximate surface area is 137 Å². The molecule has 22 heavy (non-hydrogen) atoms. The molecule has 0 aliphatic carbocycles. The van der Waals surface area contributed by atoms with Crippen LogP contribution in [-0.4, -0.2) is 39.2 Å². The van der Waals surface area contributed by atoms with Crippen molar-refractivity contribution >= 4 is 24.3 Å². The summed E-state index contributed by atoms with van der Waals surface area (Å²) in [5, 5.41) is 5.82. The molecule has 0 spiro atoms. The van der Waals surface area contributed by atoms with Crippen molar-refractivity contribution in [1.82, 2.24) is 10.6 Å². The summed E-state index contributed by atoms with van der Waals surface area (Å²) in [6, 6.07) is 7.23. The first-order valence-electron chi connectivity index (χ1n) is 6.77. The fourth-order valence-corrected chi connectivity index (χ4v) is 1.71. The third-order valence-electron chi connectivity index (χ3n) is 2.91. The van der Waals surface area contributed by atoms with Gasteiger partial charge in [0.2, 0.25) is 5.91 Å². The van der Waals surface area contributed by atoms with E-state index in [-0.39, 0.29) is 30.8 Å². The van der Waals surface area contributed by atoms with Crippen LogP contribution in [0.2, 0.25) is 0 Å². The van der Waals surface area contributed by atoms with Gasteiger partial charge in [-0.3, -0.25) is 4.79 Å². The van der Waals surface area contributed by atoms with E-state index in [4.69, 9.17) is 4.74 Å². The molecule has 0 fully saturated rings. The summed E-state index contributed by atoms with van der Waals surface area (Å²) in [7, 11) is 3.12. The highest BCUT2D eigenvalue weighted by molar-refractivity contribution is 5.85. The number of rotatable bonds is 8. The summed E-state index contributed by atoms with van der Waals surface area (Å²) < 4.78 is 9.80. The van der Waals surface area contributed by atoms with E-state index in [1.807, 2.05) is 26.1 Å². The van der Waals surface area contributed by atoms with Crippen LogP contribution in [0.25, 0.3) is 0 Å². The van der Waals surface area contributed by atoms with Crippen molar-refractivity contribution in [3.8, 4) is 5.75 Å². The third-order valence-corrected chi connectivity index (χ3v) is 2.91. The molecule has 1 atom stereocenters. The fraction of sp³-hybridized carbons (Fsp3) is 0.467. The van der Waals surface area contributed by atoms with Gasteiger partial charge in [-0.05, 0) is 24.7 Å². The molecular weight excluding hydrogens is 308 g/mol. The Hall–Kier alpha value is -1.79. The minimum atomic E-state index is -0.436. The normalized spacial score (nSPS) is 11.0. The standard InChI is InChI=1S/C15H22N2O4.ClH/c1-11(8-16-2)15(19)17-9-12-5-4-6-13(7-12)21-10-14(18)20-3;/h4-7,11,16H,8-10H2,1-3H3,(H,17,19);1H. The highest BCUT2D eigenvalue weighted by atomic mass is 35.5. The first-order chi connectivity index (χ1) is 10.1. The number of methoxy groups -OCH3 is 1. The van der Waals surface area contributed by atoms with Crippen LogP contribution in [0.5, 0.6) is 5.75 Å². The molecule has 0 radical (unpaired) electrons. The molecule has 1 amide bonds. The van der Waals surface area contributed by atoms with Gasteiger partial charge in [0.25, 0.3) is 0 Å². The molecule has 7 heteroatoms. The predicted molar refractivity (Wildman–Crippen MR) is 86.1 cm³/mol. The maximum absolute atomic E-state index is 11.8. The lowest BCUT2D eigenvalue weighted by Gasteiger charge is -2.12. The molecule has 1 unspecified atom stereocenters. The average Bonchev–Trinajstić information content (AvgIpc) is 2.50. The van der Waals surface area contributed by atoms with Crippen LogP contribution in [0.4, 0.5) is 0 Å². The summed E-state index contributed by atoms with van der Waals surface area (Å²) in [6.07, 6.45) is 0. The van der Waals surface area contributed by atoms with Crippen LogP contribution in [0.3, 0.4) is 0 Å². The number of hydrogen-bond donors (Lipinski definition) is 2. The number of amides is 1. The molecule has 124 valence electrons. The minimum absolute atomic E-state index is 0. The highest BCUT2D eigenvalue weighted by Crippen LogP contribution is 2.13. The third kappa shape index (κ3) is 7.28. The van der Waals surface area contributed by atoms with Crippen LogP contribution in [0.1, 0.15) is 12.5 Å². The van der Waals surface area contributed by atoms with Gasteiger partial charge in [0.05, 0.1) is 7.11 Å². The fourth-order valence-electron chi connectivity index (χ4n) is 1.71. The Morgan fingerprint density at radius 3 is 2.68 bits per heavy atom. The van der Waals surface area contributed by atoms with Gasteiger partial charge in [0, 0.05) is 19.0 Å². The number of ether oxygens (including phenoxy) is 2. The molecule has 0 heterocycles. The predicted octanol–water partition coefficient (Wildman–Crippen LogP) is 1.13. The zero-order valence-electron chi connectivity index (χ0n) is 13.0. The second-order valence-corrected chi connectivity index (χ2v) is 4.69. The number of hydrogen-bond acceptors (Lipinski definition) is 5. The van der Waals surface area contributed by atoms with Crippen LogP contribution < -0.4 is 15.4 Å². The Morgan fingerprint density at radius 1 is 1.32 bits per heavy atom. The lowest BCUT2D eigenvalue weighted by atomic mass is 10.1. The Morgan fingerprint density at radius 2 is 2.05 bits per heavy atom. The molecule has 1 rings (SSSR count).